The second-order valence-electron chi connectivity index (χ2n) is 6.81. The second-order valence-corrected chi connectivity index (χ2v) is 9.64. The summed E-state index contributed by atoms with van der Waals surface area (Å²) in [5.41, 5.74) is 0.980. The number of aryl methyl sites for hydroxylation is 1. The lowest BCUT2D eigenvalue weighted by atomic mass is 10.2. The topological polar surface area (TPSA) is 129 Å². The molecule has 1 aliphatic heterocycles. The van der Waals surface area contributed by atoms with Crippen molar-refractivity contribution in [2.45, 2.75) is 18.2 Å². The first-order chi connectivity index (χ1) is 15.4. The van der Waals surface area contributed by atoms with Crippen molar-refractivity contribution in [3.05, 3.63) is 53.0 Å². The Bertz CT molecular complexity index is 1210. The first kappa shape index (κ1) is 22.0. The van der Waals surface area contributed by atoms with Gasteiger partial charge in [0.1, 0.15) is 10.8 Å². The molecule has 0 radical (unpaired) electrons. The third kappa shape index (κ3) is 5.52. The van der Waals surface area contributed by atoms with E-state index in [9.17, 15) is 13.2 Å². The molecule has 168 valence electrons. The highest BCUT2D eigenvalue weighted by molar-refractivity contribution is 7.89. The van der Waals surface area contributed by atoms with Crippen LogP contribution in [0.1, 0.15) is 10.6 Å². The van der Waals surface area contributed by atoms with Crippen LogP contribution in [0.25, 0.3) is 0 Å². The Labute approximate surface area is 188 Å². The maximum Gasteiger partial charge on any atom is 0.264 e. The fraction of sp³-hybridized carbons (Fsp3) is 0.250. The van der Waals surface area contributed by atoms with Gasteiger partial charge in [-0.15, -0.1) is 10.2 Å². The van der Waals surface area contributed by atoms with Crippen LogP contribution in [0.5, 0.6) is 17.2 Å². The summed E-state index contributed by atoms with van der Waals surface area (Å²) in [6, 6.07) is 11.6. The Hall–Kier alpha value is -3.22. The highest BCUT2D eigenvalue weighted by atomic mass is 32.2. The highest BCUT2D eigenvalue weighted by Crippen LogP contribution is 2.35. The molecule has 0 saturated heterocycles. The van der Waals surface area contributed by atoms with E-state index in [4.69, 9.17) is 14.2 Å². The molecule has 2 heterocycles. The molecule has 32 heavy (non-hydrogen) atoms. The van der Waals surface area contributed by atoms with E-state index >= 15 is 0 Å². The molecule has 1 aromatic heterocycles. The van der Waals surface area contributed by atoms with E-state index in [0.717, 1.165) is 5.56 Å². The van der Waals surface area contributed by atoms with E-state index in [1.54, 1.807) is 42.5 Å². The molecule has 0 saturated carbocycles. The van der Waals surface area contributed by atoms with Crippen molar-refractivity contribution >= 4 is 32.4 Å². The quantitative estimate of drug-likeness (QED) is 0.481. The molecule has 10 nitrogen and oxygen atoms in total. The van der Waals surface area contributed by atoms with Gasteiger partial charge in [-0.2, -0.15) is 0 Å². The summed E-state index contributed by atoms with van der Waals surface area (Å²) >= 11 is 1.17. The number of anilines is 1. The number of benzene rings is 2. The van der Waals surface area contributed by atoms with Crippen LogP contribution in [0, 0.1) is 6.92 Å². The molecule has 0 atom stereocenters. The maximum absolute atomic E-state index is 12.3. The smallest absolute Gasteiger partial charge is 0.264 e. The lowest BCUT2D eigenvalue weighted by molar-refractivity contribution is -0.118. The van der Waals surface area contributed by atoms with Gasteiger partial charge >= 0.3 is 0 Å². The number of amides is 1. The Balaban J connectivity index is 1.23. The molecule has 0 bridgehead atoms. The van der Waals surface area contributed by atoms with Crippen LogP contribution in [0.4, 0.5) is 5.13 Å². The standard InChI is InChI=1S/C20H20N4O6S2/c1-13-2-5-15(6-3-13)32(26,27)21-9-8-19-23-24-20(31-19)22-18(25)11-28-14-4-7-16-17(10-14)30-12-29-16/h2-7,10,21H,8-9,11-12H2,1H3,(H,22,24,25). The number of sulfonamides is 1. The van der Waals surface area contributed by atoms with Gasteiger partial charge in [-0.1, -0.05) is 29.0 Å². The van der Waals surface area contributed by atoms with Gasteiger partial charge in [-0.3, -0.25) is 10.1 Å². The largest absolute Gasteiger partial charge is 0.484 e. The molecular formula is C20H20N4O6S2. The number of carbonyl (C=O) groups excluding carboxylic acids is 1. The molecule has 0 aliphatic carbocycles. The number of carbonyl (C=O) groups is 1. The zero-order chi connectivity index (χ0) is 22.6. The van der Waals surface area contributed by atoms with E-state index in [2.05, 4.69) is 20.2 Å². The van der Waals surface area contributed by atoms with Crippen LogP contribution < -0.4 is 24.2 Å². The molecule has 3 aromatic rings. The zero-order valence-electron chi connectivity index (χ0n) is 17.0. The molecule has 0 spiro atoms. The van der Waals surface area contributed by atoms with Gasteiger partial charge in [0.15, 0.2) is 18.1 Å². The van der Waals surface area contributed by atoms with Crippen LogP contribution in [0.3, 0.4) is 0 Å². The molecule has 1 amide bonds. The van der Waals surface area contributed by atoms with E-state index in [1.807, 2.05) is 6.92 Å². The summed E-state index contributed by atoms with van der Waals surface area (Å²) in [5.74, 6) is 1.27. The monoisotopic (exact) mass is 476 g/mol. The summed E-state index contributed by atoms with van der Waals surface area (Å²) in [7, 11) is -3.59. The van der Waals surface area contributed by atoms with Crippen molar-refractivity contribution in [1.29, 1.82) is 0 Å². The molecule has 1 aliphatic rings. The summed E-state index contributed by atoms with van der Waals surface area (Å²) in [6.07, 6.45) is 0.340. The summed E-state index contributed by atoms with van der Waals surface area (Å²) in [6.45, 7) is 1.99. The van der Waals surface area contributed by atoms with Crippen molar-refractivity contribution < 1.29 is 27.4 Å². The van der Waals surface area contributed by atoms with Gasteiger partial charge in [0.25, 0.3) is 5.91 Å². The molecule has 2 N–H and O–H groups in total. The van der Waals surface area contributed by atoms with Crippen molar-refractivity contribution in [3.63, 3.8) is 0 Å². The van der Waals surface area contributed by atoms with Crippen molar-refractivity contribution in [2.75, 3.05) is 25.3 Å². The molecule has 0 unspecified atom stereocenters. The average molecular weight is 477 g/mol. The number of nitrogens with one attached hydrogen (secondary N) is 2. The van der Waals surface area contributed by atoms with Gasteiger partial charge in [0, 0.05) is 19.0 Å². The Kier molecular flexibility index (Phi) is 6.53. The first-order valence-electron chi connectivity index (χ1n) is 9.60. The van der Waals surface area contributed by atoms with Crippen molar-refractivity contribution in [2.24, 2.45) is 0 Å². The number of fused-ring (bicyclic) bond motifs is 1. The van der Waals surface area contributed by atoms with Crippen molar-refractivity contribution in [3.8, 4) is 17.2 Å². The summed E-state index contributed by atoms with van der Waals surface area (Å²) in [5, 5.41) is 11.4. The number of ether oxygens (including phenoxy) is 3. The molecular weight excluding hydrogens is 456 g/mol. The van der Waals surface area contributed by atoms with Gasteiger partial charge in [0.2, 0.25) is 21.9 Å². The Morgan fingerprint density at radius 3 is 2.72 bits per heavy atom. The molecule has 12 heteroatoms. The number of nitrogens with zero attached hydrogens (tertiary/aromatic N) is 2. The fourth-order valence-electron chi connectivity index (χ4n) is 2.77. The van der Waals surface area contributed by atoms with Crippen LogP contribution >= 0.6 is 11.3 Å². The van der Waals surface area contributed by atoms with Crippen LogP contribution in [-0.2, 0) is 21.2 Å². The maximum atomic E-state index is 12.3. The zero-order valence-corrected chi connectivity index (χ0v) is 18.7. The predicted octanol–water partition coefficient (Wildman–Crippen LogP) is 2.11. The van der Waals surface area contributed by atoms with E-state index < -0.39 is 15.9 Å². The molecule has 0 fully saturated rings. The lowest BCUT2D eigenvalue weighted by Gasteiger charge is -2.06. The SMILES string of the molecule is Cc1ccc(S(=O)(=O)NCCc2nnc(NC(=O)COc3ccc4c(c3)OCO4)s2)cc1. The third-order valence-corrected chi connectivity index (χ3v) is 6.76. The lowest BCUT2D eigenvalue weighted by Crippen LogP contribution is -2.25. The second kappa shape index (κ2) is 9.51. The minimum Gasteiger partial charge on any atom is -0.484 e. The fourth-order valence-corrected chi connectivity index (χ4v) is 4.56. The number of hydrogen-bond donors (Lipinski definition) is 2. The first-order valence-corrected chi connectivity index (χ1v) is 11.9. The van der Waals surface area contributed by atoms with Gasteiger partial charge in [-0.25, -0.2) is 13.1 Å². The average Bonchev–Trinajstić information content (AvgIpc) is 3.41. The van der Waals surface area contributed by atoms with Crippen molar-refractivity contribution in [1.82, 2.24) is 14.9 Å². The summed E-state index contributed by atoms with van der Waals surface area (Å²) in [4.78, 5) is 12.3. The van der Waals surface area contributed by atoms with Gasteiger partial charge < -0.3 is 14.2 Å². The van der Waals surface area contributed by atoms with Gasteiger partial charge in [-0.05, 0) is 31.2 Å². The van der Waals surface area contributed by atoms with Crippen LogP contribution in [0.2, 0.25) is 0 Å². The van der Waals surface area contributed by atoms with Crippen LogP contribution in [0.15, 0.2) is 47.4 Å². The molecule has 2 aromatic carbocycles. The number of aromatic nitrogens is 2. The van der Waals surface area contributed by atoms with Crippen LogP contribution in [-0.4, -0.2) is 44.5 Å². The minimum absolute atomic E-state index is 0.159. The molecule has 4 rings (SSSR count). The normalized spacial score (nSPS) is 12.5. The number of hydrogen-bond acceptors (Lipinski definition) is 9. The Morgan fingerprint density at radius 1 is 1.12 bits per heavy atom. The third-order valence-electron chi connectivity index (χ3n) is 4.39. The Morgan fingerprint density at radius 2 is 1.91 bits per heavy atom. The predicted molar refractivity (Wildman–Crippen MR) is 117 cm³/mol. The van der Waals surface area contributed by atoms with E-state index in [-0.39, 0.29) is 24.8 Å². The van der Waals surface area contributed by atoms with E-state index in [0.29, 0.717) is 33.8 Å². The van der Waals surface area contributed by atoms with E-state index in [1.165, 1.54) is 11.3 Å². The van der Waals surface area contributed by atoms with Gasteiger partial charge in [0.05, 0.1) is 4.90 Å². The highest BCUT2D eigenvalue weighted by Gasteiger charge is 2.16. The number of rotatable bonds is 9. The minimum atomic E-state index is -3.59. The summed E-state index contributed by atoms with van der Waals surface area (Å²) < 4.78 is 43.1.